The van der Waals surface area contributed by atoms with Crippen molar-refractivity contribution in [3.8, 4) is 0 Å². The highest BCUT2D eigenvalue weighted by Crippen LogP contribution is 2.59. The second-order valence-electron chi connectivity index (χ2n) is 8.60. The van der Waals surface area contributed by atoms with Crippen LogP contribution in [0.25, 0.3) is 0 Å². The predicted octanol–water partition coefficient (Wildman–Crippen LogP) is 0.133. The standard InChI is InChI=1S/C24H33N4O10P/c1-3-36-39(35,37-4-2)22(15-9-6-5-7-10-15)26-16(29)11-8-13-25-21(33)20-18(31)19(32)23(38-20)28-14-12-17(30)27-24(28)34/h5-7,9-10,12,14,18-20,22-23,31-32H,3-4,8,11,13H2,1-2H3,(H,25,33)(H,26,29)(H,27,30,34)/t18-,19+,20+,22-,23-/m1/s1. The van der Waals surface area contributed by atoms with E-state index in [2.05, 4.69) is 10.6 Å². The number of aliphatic hydroxyl groups excluding tert-OH is 2. The van der Waals surface area contributed by atoms with Crippen LogP contribution in [0.5, 0.6) is 0 Å². The van der Waals surface area contributed by atoms with Gasteiger partial charge in [-0.1, -0.05) is 30.3 Å². The van der Waals surface area contributed by atoms with Crippen LogP contribution < -0.4 is 21.9 Å². The first kappa shape index (κ1) is 30.4. The molecule has 1 aromatic carbocycles. The first-order valence-electron chi connectivity index (χ1n) is 12.4. The van der Waals surface area contributed by atoms with Crippen LogP contribution in [0, 0.1) is 0 Å². The van der Waals surface area contributed by atoms with Gasteiger partial charge in [-0.3, -0.25) is 28.5 Å². The number of amides is 2. The number of benzene rings is 1. The Bertz CT molecular complexity index is 1270. The van der Waals surface area contributed by atoms with Gasteiger partial charge < -0.3 is 34.6 Å². The number of hydrogen-bond donors (Lipinski definition) is 5. The molecule has 2 heterocycles. The molecule has 15 heteroatoms. The molecule has 0 bridgehead atoms. The molecule has 14 nitrogen and oxygen atoms in total. The first-order chi connectivity index (χ1) is 18.6. The maximum atomic E-state index is 13.4. The highest BCUT2D eigenvalue weighted by molar-refractivity contribution is 7.54. The molecular formula is C24H33N4O10P. The van der Waals surface area contributed by atoms with E-state index >= 15 is 0 Å². The summed E-state index contributed by atoms with van der Waals surface area (Å²) in [5.74, 6) is -2.25. The lowest BCUT2D eigenvalue weighted by atomic mass is 10.1. The zero-order valence-electron chi connectivity index (χ0n) is 21.5. The molecule has 1 saturated heterocycles. The van der Waals surface area contributed by atoms with Gasteiger partial charge in [0.05, 0.1) is 13.2 Å². The maximum absolute atomic E-state index is 13.4. The number of aliphatic hydroxyl groups is 2. The number of rotatable bonds is 13. The molecule has 0 saturated carbocycles. The van der Waals surface area contributed by atoms with Gasteiger partial charge in [0, 0.05) is 25.2 Å². The first-order valence-corrected chi connectivity index (χ1v) is 14.1. The van der Waals surface area contributed by atoms with Crippen LogP contribution in [0.3, 0.4) is 0 Å². The van der Waals surface area contributed by atoms with Crippen molar-refractivity contribution in [3.63, 3.8) is 0 Å². The average Bonchev–Trinajstić information content (AvgIpc) is 3.20. The summed E-state index contributed by atoms with van der Waals surface area (Å²) in [6, 6.07) is 9.69. The van der Waals surface area contributed by atoms with E-state index in [0.717, 1.165) is 16.8 Å². The molecule has 2 amide bonds. The molecule has 3 rings (SSSR count). The fourth-order valence-corrected chi connectivity index (χ4v) is 5.98. The molecule has 214 valence electrons. The lowest BCUT2D eigenvalue weighted by Crippen LogP contribution is -2.43. The normalized spacial score (nSPS) is 21.8. The summed E-state index contributed by atoms with van der Waals surface area (Å²) in [5, 5.41) is 25.8. The molecule has 1 aliphatic rings. The van der Waals surface area contributed by atoms with Crippen molar-refractivity contribution in [2.24, 2.45) is 0 Å². The van der Waals surface area contributed by atoms with E-state index < -0.39 is 61.0 Å². The number of carbonyl (C=O) groups is 2. The van der Waals surface area contributed by atoms with Gasteiger partial charge in [0.2, 0.25) is 5.91 Å². The van der Waals surface area contributed by atoms with Crippen LogP contribution in [-0.4, -0.2) is 69.6 Å². The van der Waals surface area contributed by atoms with Crippen LogP contribution in [0.2, 0.25) is 0 Å². The molecule has 2 aromatic rings. The minimum Gasteiger partial charge on any atom is -0.387 e. The summed E-state index contributed by atoms with van der Waals surface area (Å²) in [6.07, 6.45) is -4.93. The zero-order valence-corrected chi connectivity index (χ0v) is 22.4. The second-order valence-corrected chi connectivity index (χ2v) is 10.7. The van der Waals surface area contributed by atoms with Crippen molar-refractivity contribution in [3.05, 3.63) is 69.0 Å². The lowest BCUT2D eigenvalue weighted by molar-refractivity contribution is -0.138. The Morgan fingerprint density at radius 2 is 1.77 bits per heavy atom. The highest BCUT2D eigenvalue weighted by atomic mass is 31.2. The molecule has 5 atom stereocenters. The predicted molar refractivity (Wildman–Crippen MR) is 138 cm³/mol. The SMILES string of the molecule is CCOP(=O)(OCC)[C@@H](NC(=O)CCCNC(=O)[C@H]1O[C@@H](n2ccc(=O)[nH]c2=O)[C@@H](O)[C@H]1O)c1ccccc1. The topological polar surface area (TPSA) is 198 Å². The number of nitrogens with zero attached hydrogens (tertiary/aromatic N) is 1. The van der Waals surface area contributed by atoms with Crippen LogP contribution in [0.1, 0.15) is 44.3 Å². The number of H-pyrrole nitrogens is 1. The number of aromatic amines is 1. The smallest absolute Gasteiger partial charge is 0.357 e. The molecule has 0 aliphatic carbocycles. The molecule has 1 aliphatic heterocycles. The Balaban J connectivity index is 1.56. The highest BCUT2D eigenvalue weighted by Gasteiger charge is 2.47. The van der Waals surface area contributed by atoms with Crippen molar-refractivity contribution >= 4 is 19.4 Å². The van der Waals surface area contributed by atoms with Crippen molar-refractivity contribution in [2.75, 3.05) is 19.8 Å². The molecule has 0 radical (unpaired) electrons. The molecule has 1 fully saturated rings. The monoisotopic (exact) mass is 568 g/mol. The third kappa shape index (κ3) is 7.50. The molecule has 0 unspecified atom stereocenters. The van der Waals surface area contributed by atoms with E-state index in [0.29, 0.717) is 5.56 Å². The number of nitrogens with one attached hydrogen (secondary N) is 3. The number of hydrogen-bond acceptors (Lipinski definition) is 10. The Morgan fingerprint density at radius 1 is 1.10 bits per heavy atom. The van der Waals surface area contributed by atoms with Gasteiger partial charge in [0.25, 0.3) is 11.5 Å². The van der Waals surface area contributed by atoms with E-state index in [1.165, 1.54) is 0 Å². The summed E-state index contributed by atoms with van der Waals surface area (Å²) in [4.78, 5) is 50.6. The fourth-order valence-electron chi connectivity index (χ4n) is 4.05. The third-order valence-electron chi connectivity index (χ3n) is 5.85. The van der Waals surface area contributed by atoms with Crippen LogP contribution in [0.4, 0.5) is 0 Å². The molecule has 0 spiro atoms. The lowest BCUT2D eigenvalue weighted by Gasteiger charge is -2.27. The maximum Gasteiger partial charge on any atom is 0.357 e. The summed E-state index contributed by atoms with van der Waals surface area (Å²) in [6.45, 7) is 3.59. The van der Waals surface area contributed by atoms with E-state index in [9.17, 15) is 34.0 Å². The van der Waals surface area contributed by atoms with Crippen molar-refractivity contribution < 1.29 is 38.2 Å². The zero-order chi connectivity index (χ0) is 28.6. The van der Waals surface area contributed by atoms with Gasteiger partial charge in [-0.05, 0) is 25.8 Å². The van der Waals surface area contributed by atoms with Gasteiger partial charge in [-0.15, -0.1) is 0 Å². The van der Waals surface area contributed by atoms with Gasteiger partial charge in [-0.25, -0.2) is 4.79 Å². The Morgan fingerprint density at radius 3 is 2.38 bits per heavy atom. The van der Waals surface area contributed by atoms with Gasteiger partial charge in [0.15, 0.2) is 18.1 Å². The second kappa shape index (κ2) is 13.8. The largest absolute Gasteiger partial charge is 0.387 e. The van der Waals surface area contributed by atoms with Crippen LogP contribution >= 0.6 is 7.60 Å². The minimum atomic E-state index is -3.74. The molecule has 1 aromatic heterocycles. The van der Waals surface area contributed by atoms with Crippen molar-refractivity contribution in [2.45, 2.75) is 57.0 Å². The van der Waals surface area contributed by atoms with Gasteiger partial charge in [0.1, 0.15) is 12.2 Å². The molecule has 5 N–H and O–H groups in total. The van der Waals surface area contributed by atoms with Gasteiger partial charge >= 0.3 is 13.3 Å². The van der Waals surface area contributed by atoms with E-state index in [4.69, 9.17) is 13.8 Å². The van der Waals surface area contributed by atoms with E-state index in [1.807, 2.05) is 4.98 Å². The Kier molecular flexibility index (Phi) is 10.7. The number of aromatic nitrogens is 2. The summed E-state index contributed by atoms with van der Waals surface area (Å²) in [5.41, 5.74) is -0.986. The quantitative estimate of drug-likeness (QED) is 0.164. The van der Waals surface area contributed by atoms with E-state index in [-0.39, 0.29) is 32.6 Å². The van der Waals surface area contributed by atoms with Crippen molar-refractivity contribution in [1.29, 1.82) is 0 Å². The number of ether oxygens (including phenoxy) is 1. The third-order valence-corrected chi connectivity index (χ3v) is 8.15. The Hall–Kier alpha value is -3.13. The minimum absolute atomic E-state index is 0.0167. The van der Waals surface area contributed by atoms with Crippen LogP contribution in [0.15, 0.2) is 52.2 Å². The van der Waals surface area contributed by atoms with E-state index in [1.54, 1.807) is 44.2 Å². The fraction of sp³-hybridized carbons (Fsp3) is 0.500. The summed E-state index contributed by atoms with van der Waals surface area (Å²) < 4.78 is 30.6. The summed E-state index contributed by atoms with van der Waals surface area (Å²) in [7, 11) is -3.74. The van der Waals surface area contributed by atoms with Crippen molar-refractivity contribution in [1.82, 2.24) is 20.2 Å². The summed E-state index contributed by atoms with van der Waals surface area (Å²) >= 11 is 0. The Labute approximate surface area is 223 Å². The van der Waals surface area contributed by atoms with Crippen LogP contribution in [-0.2, 0) is 27.9 Å². The average molecular weight is 569 g/mol. The molecular weight excluding hydrogens is 535 g/mol. The van der Waals surface area contributed by atoms with Gasteiger partial charge in [-0.2, -0.15) is 0 Å². The number of carbonyl (C=O) groups excluding carboxylic acids is 2. The molecule has 39 heavy (non-hydrogen) atoms.